The second-order valence-electron chi connectivity index (χ2n) is 7.86. The van der Waals surface area contributed by atoms with Crippen LogP contribution in [-0.4, -0.2) is 40.7 Å². The Morgan fingerprint density at radius 2 is 2.11 bits per heavy atom. The summed E-state index contributed by atoms with van der Waals surface area (Å²) in [5.41, 5.74) is 1.94. The van der Waals surface area contributed by atoms with Crippen molar-refractivity contribution in [3.05, 3.63) is 41.7 Å². The molecule has 28 heavy (non-hydrogen) atoms. The van der Waals surface area contributed by atoms with Crippen molar-refractivity contribution in [2.45, 2.75) is 52.3 Å². The van der Waals surface area contributed by atoms with Gasteiger partial charge in [0.05, 0.1) is 32.6 Å². The monoisotopic (exact) mass is 386 g/mol. The quantitative estimate of drug-likeness (QED) is 0.855. The number of aryl methyl sites for hydroxylation is 1. The number of methoxy groups -OCH3 is 1. The maximum absolute atomic E-state index is 13.1. The Kier molecular flexibility index (Phi) is 7.03. The minimum Gasteiger partial charge on any atom is -0.497 e. The Bertz CT molecular complexity index is 757. The van der Waals surface area contributed by atoms with Crippen molar-refractivity contribution in [1.29, 1.82) is 0 Å². The fourth-order valence-corrected chi connectivity index (χ4v) is 3.54. The molecule has 0 aliphatic carbocycles. The van der Waals surface area contributed by atoms with Gasteiger partial charge in [0, 0.05) is 12.5 Å². The van der Waals surface area contributed by atoms with E-state index in [1.807, 2.05) is 30.5 Å². The molecule has 0 radical (unpaired) electrons. The van der Waals surface area contributed by atoms with Gasteiger partial charge >= 0.3 is 0 Å². The first-order valence-corrected chi connectivity index (χ1v) is 9.93. The molecule has 0 saturated carbocycles. The van der Waals surface area contributed by atoms with E-state index < -0.39 is 0 Å². The number of nitrogens with zero attached hydrogens (tertiary/aromatic N) is 3. The summed E-state index contributed by atoms with van der Waals surface area (Å²) < 4.78 is 12.8. The number of benzene rings is 1. The summed E-state index contributed by atoms with van der Waals surface area (Å²) in [5, 5.41) is 11.5. The average Bonchev–Trinajstić information content (AvgIpc) is 3.12. The number of carbonyl (C=O) groups excluding carboxylic acids is 1. The lowest BCUT2D eigenvalue weighted by atomic mass is 9.94. The lowest BCUT2D eigenvalue weighted by Gasteiger charge is -2.24. The van der Waals surface area contributed by atoms with Gasteiger partial charge in [-0.25, -0.2) is 0 Å². The molecule has 1 aromatic carbocycles. The highest BCUT2D eigenvalue weighted by atomic mass is 16.5. The predicted octanol–water partition coefficient (Wildman–Crippen LogP) is 2.60. The molecule has 3 rings (SSSR count). The summed E-state index contributed by atoms with van der Waals surface area (Å²) in [6, 6.07) is 7.90. The highest BCUT2D eigenvalue weighted by Gasteiger charge is 2.24. The molecule has 1 aromatic heterocycles. The third-order valence-electron chi connectivity index (χ3n) is 4.98. The van der Waals surface area contributed by atoms with E-state index in [9.17, 15) is 4.79 Å². The summed E-state index contributed by atoms with van der Waals surface area (Å²) in [7, 11) is 1.65. The number of amides is 1. The van der Waals surface area contributed by atoms with E-state index in [0.717, 1.165) is 23.4 Å². The molecule has 2 bridgehead atoms. The minimum atomic E-state index is -0.143. The van der Waals surface area contributed by atoms with Gasteiger partial charge in [0.25, 0.3) is 0 Å². The van der Waals surface area contributed by atoms with Crippen LogP contribution in [0.15, 0.2) is 30.5 Å². The lowest BCUT2D eigenvalue weighted by Crippen LogP contribution is -2.43. The van der Waals surface area contributed by atoms with Crippen molar-refractivity contribution in [2.75, 3.05) is 13.7 Å². The van der Waals surface area contributed by atoms with E-state index in [0.29, 0.717) is 38.5 Å². The van der Waals surface area contributed by atoms with Crippen LogP contribution in [0.5, 0.6) is 5.75 Å². The molecule has 7 nitrogen and oxygen atoms in total. The molecule has 0 saturated heterocycles. The summed E-state index contributed by atoms with van der Waals surface area (Å²) in [4.78, 5) is 13.1. The predicted molar refractivity (Wildman–Crippen MR) is 106 cm³/mol. The first kappa shape index (κ1) is 20.3. The first-order valence-electron chi connectivity index (χ1n) is 9.93. The number of fused-ring (bicyclic) bond motifs is 2. The topological polar surface area (TPSA) is 78.3 Å². The molecule has 0 unspecified atom stereocenters. The molecule has 1 aliphatic heterocycles. The molecule has 2 aromatic rings. The number of carbonyl (C=O) groups is 1. The summed E-state index contributed by atoms with van der Waals surface area (Å²) in [6.45, 7) is 5.85. The standard InChI is InChI=1S/C21H30N4O3/c1-15(2)10-18-13-28-14-19-12-25(24-23-19)9-8-17(21(26)22-18)11-16-4-6-20(27-3)7-5-16/h4-7,12,15,17-18H,8-11,13-14H2,1-3H3,(H,22,26)/t17-,18+/m0/s1. The van der Waals surface area contributed by atoms with Crippen molar-refractivity contribution in [3.8, 4) is 5.75 Å². The molecule has 2 atom stereocenters. The van der Waals surface area contributed by atoms with Gasteiger partial charge in [-0.1, -0.05) is 31.2 Å². The van der Waals surface area contributed by atoms with Gasteiger partial charge in [-0.05, 0) is 42.9 Å². The Balaban J connectivity index is 1.76. The normalized spacial score (nSPS) is 20.9. The number of hydrogen-bond donors (Lipinski definition) is 1. The third kappa shape index (κ3) is 5.79. The average molecular weight is 386 g/mol. The van der Waals surface area contributed by atoms with Gasteiger partial charge < -0.3 is 14.8 Å². The van der Waals surface area contributed by atoms with Gasteiger partial charge in [-0.2, -0.15) is 0 Å². The van der Waals surface area contributed by atoms with E-state index in [-0.39, 0.29) is 17.9 Å². The van der Waals surface area contributed by atoms with Crippen LogP contribution in [0.25, 0.3) is 0 Å². The highest BCUT2D eigenvalue weighted by Crippen LogP contribution is 2.19. The van der Waals surface area contributed by atoms with Crippen LogP contribution in [-0.2, 0) is 29.1 Å². The van der Waals surface area contributed by atoms with E-state index in [1.165, 1.54) is 0 Å². The molecule has 2 heterocycles. The number of rotatable bonds is 5. The van der Waals surface area contributed by atoms with Gasteiger partial charge in [0.1, 0.15) is 11.4 Å². The van der Waals surface area contributed by atoms with Crippen LogP contribution >= 0.6 is 0 Å². The molecular formula is C21H30N4O3. The van der Waals surface area contributed by atoms with E-state index in [2.05, 4.69) is 29.5 Å². The summed E-state index contributed by atoms with van der Waals surface area (Å²) in [5.74, 6) is 1.22. The number of aromatic nitrogens is 3. The Hall–Kier alpha value is -2.41. The SMILES string of the molecule is COc1ccc(C[C@@H]2CCn3cc(nn3)COC[C@@H](CC(C)C)NC2=O)cc1. The molecule has 152 valence electrons. The van der Waals surface area contributed by atoms with Crippen LogP contribution in [0.3, 0.4) is 0 Å². The van der Waals surface area contributed by atoms with Crippen LogP contribution in [0, 0.1) is 11.8 Å². The maximum atomic E-state index is 13.1. The first-order chi connectivity index (χ1) is 13.5. The molecule has 1 aliphatic rings. The van der Waals surface area contributed by atoms with E-state index in [1.54, 1.807) is 11.8 Å². The summed E-state index contributed by atoms with van der Waals surface area (Å²) in [6.07, 6.45) is 4.16. The molecule has 1 amide bonds. The largest absolute Gasteiger partial charge is 0.497 e. The lowest BCUT2D eigenvalue weighted by molar-refractivity contribution is -0.126. The molecule has 1 N–H and O–H groups in total. The zero-order chi connectivity index (χ0) is 19.9. The Morgan fingerprint density at radius 3 is 2.82 bits per heavy atom. The van der Waals surface area contributed by atoms with Crippen molar-refractivity contribution in [3.63, 3.8) is 0 Å². The maximum Gasteiger partial charge on any atom is 0.223 e. The van der Waals surface area contributed by atoms with Gasteiger partial charge in [0.2, 0.25) is 5.91 Å². The second kappa shape index (κ2) is 9.68. The van der Waals surface area contributed by atoms with Crippen LogP contribution < -0.4 is 10.1 Å². The third-order valence-corrected chi connectivity index (χ3v) is 4.98. The van der Waals surface area contributed by atoms with E-state index in [4.69, 9.17) is 9.47 Å². The van der Waals surface area contributed by atoms with Crippen molar-refractivity contribution in [1.82, 2.24) is 20.3 Å². The van der Waals surface area contributed by atoms with Crippen LogP contribution in [0.1, 0.15) is 37.9 Å². The van der Waals surface area contributed by atoms with Crippen LogP contribution in [0.2, 0.25) is 0 Å². The van der Waals surface area contributed by atoms with Crippen LogP contribution in [0.4, 0.5) is 0 Å². The Morgan fingerprint density at radius 1 is 1.32 bits per heavy atom. The van der Waals surface area contributed by atoms with Crippen molar-refractivity contribution in [2.24, 2.45) is 11.8 Å². The zero-order valence-electron chi connectivity index (χ0n) is 16.9. The fraction of sp³-hybridized carbons (Fsp3) is 0.571. The number of hydrogen-bond acceptors (Lipinski definition) is 5. The highest BCUT2D eigenvalue weighted by molar-refractivity contribution is 5.79. The summed E-state index contributed by atoms with van der Waals surface area (Å²) >= 11 is 0. The van der Waals surface area contributed by atoms with Gasteiger partial charge in [-0.15, -0.1) is 5.10 Å². The molecule has 0 spiro atoms. The number of nitrogens with one attached hydrogen (secondary N) is 1. The fourth-order valence-electron chi connectivity index (χ4n) is 3.54. The molecule has 7 heteroatoms. The van der Waals surface area contributed by atoms with Gasteiger partial charge in [-0.3, -0.25) is 9.48 Å². The molecular weight excluding hydrogens is 356 g/mol. The minimum absolute atomic E-state index is 0.000314. The zero-order valence-corrected chi connectivity index (χ0v) is 16.9. The smallest absolute Gasteiger partial charge is 0.223 e. The van der Waals surface area contributed by atoms with Crippen molar-refractivity contribution < 1.29 is 14.3 Å². The number of ether oxygens (including phenoxy) is 2. The van der Waals surface area contributed by atoms with E-state index >= 15 is 0 Å². The van der Waals surface area contributed by atoms with Crippen molar-refractivity contribution >= 4 is 5.91 Å². The van der Waals surface area contributed by atoms with Gasteiger partial charge in [0.15, 0.2) is 0 Å². The Labute approximate surface area is 166 Å². The second-order valence-corrected chi connectivity index (χ2v) is 7.86. The molecule has 0 fully saturated rings.